The van der Waals surface area contributed by atoms with Crippen LogP contribution in [0.15, 0.2) is 58.1 Å². The van der Waals surface area contributed by atoms with Crippen LogP contribution in [0.4, 0.5) is 23.2 Å². The first-order valence-corrected chi connectivity index (χ1v) is 10.9. The molecule has 3 aromatic rings. The largest absolute Gasteiger partial charge is 0.416 e. The first-order valence-electron chi connectivity index (χ1n) is 10.9. The summed E-state index contributed by atoms with van der Waals surface area (Å²) in [5.74, 6) is -1.87. The third-order valence-electron chi connectivity index (χ3n) is 6.16. The predicted molar refractivity (Wildman–Crippen MR) is 121 cm³/mol. The SMILES string of the molecule is Nc1c(C(=O)NC2CCC(c3ccccc3)CC2)n(-c2cc(F)cc(C(F)(F)F)c2)c(=O)[nH]c1=O. The van der Waals surface area contributed by atoms with Gasteiger partial charge >= 0.3 is 11.9 Å². The monoisotopic (exact) mass is 490 g/mol. The molecule has 7 nitrogen and oxygen atoms in total. The van der Waals surface area contributed by atoms with Crippen molar-refractivity contribution < 1.29 is 22.4 Å². The molecule has 0 unspecified atom stereocenters. The Balaban J connectivity index is 1.65. The summed E-state index contributed by atoms with van der Waals surface area (Å²) in [7, 11) is 0. The second-order valence-corrected chi connectivity index (χ2v) is 8.49. The first-order chi connectivity index (χ1) is 16.5. The van der Waals surface area contributed by atoms with E-state index in [1.165, 1.54) is 5.56 Å². The Morgan fingerprint density at radius 1 is 1.03 bits per heavy atom. The lowest BCUT2D eigenvalue weighted by molar-refractivity contribution is -0.137. The molecule has 184 valence electrons. The van der Waals surface area contributed by atoms with Gasteiger partial charge in [-0.05, 0) is 55.4 Å². The molecule has 35 heavy (non-hydrogen) atoms. The summed E-state index contributed by atoms with van der Waals surface area (Å²) in [5.41, 5.74) is 1.39. The highest BCUT2D eigenvalue weighted by Crippen LogP contribution is 2.33. The van der Waals surface area contributed by atoms with Gasteiger partial charge in [-0.2, -0.15) is 13.2 Å². The third-order valence-corrected chi connectivity index (χ3v) is 6.16. The molecule has 1 amide bonds. The highest BCUT2D eigenvalue weighted by Gasteiger charge is 2.33. The molecule has 0 aliphatic heterocycles. The predicted octanol–water partition coefficient (Wildman–Crippen LogP) is 3.72. The van der Waals surface area contributed by atoms with Crippen LogP contribution in [0.25, 0.3) is 5.69 Å². The van der Waals surface area contributed by atoms with Gasteiger partial charge in [0.2, 0.25) is 0 Å². The van der Waals surface area contributed by atoms with Gasteiger partial charge < -0.3 is 11.1 Å². The summed E-state index contributed by atoms with van der Waals surface area (Å²) < 4.78 is 54.1. The maximum absolute atomic E-state index is 14.0. The van der Waals surface area contributed by atoms with Crippen LogP contribution in [0.5, 0.6) is 0 Å². The number of aromatic amines is 1. The molecule has 0 bridgehead atoms. The lowest BCUT2D eigenvalue weighted by atomic mass is 9.82. The highest BCUT2D eigenvalue weighted by molar-refractivity contribution is 5.98. The minimum absolute atomic E-state index is 0.258. The number of alkyl halides is 3. The van der Waals surface area contributed by atoms with E-state index >= 15 is 0 Å². The van der Waals surface area contributed by atoms with Crippen molar-refractivity contribution in [2.45, 2.75) is 43.8 Å². The standard InChI is InChI=1S/C24H22F4N4O3/c25-16-10-15(24(26,27)28)11-18(12-16)32-20(19(29)21(33)31-23(32)35)22(34)30-17-8-6-14(7-9-17)13-4-2-1-3-5-13/h1-5,10-12,14,17H,6-9,29H2,(H,30,34)(H,31,33,35). The third kappa shape index (κ3) is 5.13. The zero-order chi connectivity index (χ0) is 25.3. The number of halogens is 4. The molecule has 4 rings (SSSR count). The molecule has 0 radical (unpaired) electrons. The lowest BCUT2D eigenvalue weighted by Crippen LogP contribution is -2.43. The Kier molecular flexibility index (Phi) is 6.51. The van der Waals surface area contributed by atoms with Crippen molar-refractivity contribution in [3.05, 3.63) is 92.0 Å². The number of aromatic nitrogens is 2. The number of carbonyl (C=O) groups excluding carboxylic acids is 1. The fourth-order valence-electron chi connectivity index (χ4n) is 4.44. The molecule has 2 aromatic carbocycles. The number of amides is 1. The Morgan fingerprint density at radius 2 is 1.69 bits per heavy atom. The van der Waals surface area contributed by atoms with E-state index in [0.717, 1.165) is 12.8 Å². The number of nitrogens with zero attached hydrogens (tertiary/aromatic N) is 1. The van der Waals surface area contributed by atoms with Crippen LogP contribution in [0, 0.1) is 5.82 Å². The Labute approximate surface area is 196 Å². The number of hydrogen-bond acceptors (Lipinski definition) is 4. The molecule has 0 spiro atoms. The van der Waals surface area contributed by atoms with Gasteiger partial charge in [0.25, 0.3) is 11.5 Å². The molecule has 1 saturated carbocycles. The van der Waals surface area contributed by atoms with Crippen LogP contribution in [0.2, 0.25) is 0 Å². The Morgan fingerprint density at radius 3 is 2.31 bits per heavy atom. The van der Waals surface area contributed by atoms with Crippen LogP contribution in [0.3, 0.4) is 0 Å². The van der Waals surface area contributed by atoms with Crippen LogP contribution < -0.4 is 22.3 Å². The fraction of sp³-hybridized carbons (Fsp3) is 0.292. The number of nitrogens with two attached hydrogens (primary N) is 1. The van der Waals surface area contributed by atoms with E-state index in [1.807, 2.05) is 35.3 Å². The number of H-pyrrole nitrogens is 1. The second-order valence-electron chi connectivity index (χ2n) is 8.49. The molecule has 11 heteroatoms. The van der Waals surface area contributed by atoms with E-state index in [-0.39, 0.29) is 12.1 Å². The number of carbonyl (C=O) groups is 1. The lowest BCUT2D eigenvalue weighted by Gasteiger charge is -2.29. The number of benzene rings is 2. The molecule has 1 fully saturated rings. The molecule has 0 saturated heterocycles. The van der Waals surface area contributed by atoms with Gasteiger partial charge in [0.1, 0.15) is 17.2 Å². The zero-order valence-electron chi connectivity index (χ0n) is 18.4. The summed E-state index contributed by atoms with van der Waals surface area (Å²) >= 11 is 0. The molecular formula is C24H22F4N4O3. The van der Waals surface area contributed by atoms with Gasteiger partial charge in [0.15, 0.2) is 0 Å². The number of hydrogen-bond donors (Lipinski definition) is 3. The highest BCUT2D eigenvalue weighted by atomic mass is 19.4. The molecule has 1 aromatic heterocycles. The van der Waals surface area contributed by atoms with Crippen molar-refractivity contribution >= 4 is 11.6 Å². The van der Waals surface area contributed by atoms with Gasteiger partial charge in [-0.25, -0.2) is 9.18 Å². The van der Waals surface area contributed by atoms with Gasteiger partial charge in [-0.1, -0.05) is 30.3 Å². The number of nitrogen functional groups attached to an aromatic ring is 1. The van der Waals surface area contributed by atoms with E-state index in [1.54, 1.807) is 0 Å². The molecule has 1 aliphatic carbocycles. The smallest absolute Gasteiger partial charge is 0.392 e. The average molecular weight is 490 g/mol. The van der Waals surface area contributed by atoms with Gasteiger partial charge in [0.05, 0.1) is 11.3 Å². The Hall–Kier alpha value is -3.89. The van der Waals surface area contributed by atoms with Crippen molar-refractivity contribution in [1.82, 2.24) is 14.9 Å². The number of nitrogens with one attached hydrogen (secondary N) is 2. The van der Waals surface area contributed by atoms with E-state index in [0.29, 0.717) is 35.5 Å². The van der Waals surface area contributed by atoms with E-state index in [2.05, 4.69) is 5.32 Å². The van der Waals surface area contributed by atoms with Crippen LogP contribution in [-0.4, -0.2) is 21.5 Å². The fourth-order valence-corrected chi connectivity index (χ4v) is 4.44. The maximum atomic E-state index is 14.0. The summed E-state index contributed by atoms with van der Waals surface area (Å²) in [5, 5.41) is 2.72. The normalized spacial score (nSPS) is 18.3. The van der Waals surface area contributed by atoms with E-state index in [9.17, 15) is 31.9 Å². The average Bonchev–Trinajstić information content (AvgIpc) is 2.81. The van der Waals surface area contributed by atoms with Crippen molar-refractivity contribution in [3.63, 3.8) is 0 Å². The summed E-state index contributed by atoms with van der Waals surface area (Å²) in [4.78, 5) is 39.6. The topological polar surface area (TPSA) is 110 Å². The Bertz CT molecular complexity index is 1360. The molecule has 1 heterocycles. The van der Waals surface area contributed by atoms with E-state index < -0.39 is 51.8 Å². The van der Waals surface area contributed by atoms with Gasteiger partial charge in [-0.3, -0.25) is 19.1 Å². The molecule has 1 aliphatic rings. The quantitative estimate of drug-likeness (QED) is 0.484. The summed E-state index contributed by atoms with van der Waals surface area (Å²) in [6.07, 6.45) is -2.13. The van der Waals surface area contributed by atoms with Crippen LogP contribution in [-0.2, 0) is 6.18 Å². The number of anilines is 1. The van der Waals surface area contributed by atoms with Crippen molar-refractivity contribution in [2.24, 2.45) is 0 Å². The molecule has 0 atom stereocenters. The summed E-state index contributed by atoms with van der Waals surface area (Å²) in [6.45, 7) is 0. The van der Waals surface area contributed by atoms with E-state index in [4.69, 9.17) is 5.73 Å². The maximum Gasteiger partial charge on any atom is 0.416 e. The number of rotatable bonds is 4. The van der Waals surface area contributed by atoms with Crippen LogP contribution >= 0.6 is 0 Å². The summed E-state index contributed by atoms with van der Waals surface area (Å²) in [6, 6.07) is 11.0. The van der Waals surface area contributed by atoms with Gasteiger partial charge in [0, 0.05) is 6.04 Å². The van der Waals surface area contributed by atoms with Gasteiger partial charge in [-0.15, -0.1) is 0 Å². The van der Waals surface area contributed by atoms with Crippen LogP contribution in [0.1, 0.15) is 53.2 Å². The zero-order valence-corrected chi connectivity index (χ0v) is 18.4. The van der Waals surface area contributed by atoms with Crippen molar-refractivity contribution in [2.75, 3.05) is 5.73 Å². The second kappa shape index (κ2) is 9.40. The first kappa shape index (κ1) is 24.2. The van der Waals surface area contributed by atoms with Crippen molar-refractivity contribution in [1.29, 1.82) is 0 Å². The molecule has 4 N–H and O–H groups in total. The minimum Gasteiger partial charge on any atom is -0.392 e. The molecular weight excluding hydrogens is 468 g/mol. The minimum atomic E-state index is -4.91. The van der Waals surface area contributed by atoms with Crippen molar-refractivity contribution in [3.8, 4) is 5.69 Å².